The standard InChI is InChI=1S/C10H19NO2/c1-2-10(12)5-11-8-3-4-9(11)7-13-6-8/h8-10,12H,2-7H2,1H3/t8?,9?,10-/m0/s1. The van der Waals surface area contributed by atoms with Gasteiger partial charge in [-0.2, -0.15) is 0 Å². The van der Waals surface area contributed by atoms with Gasteiger partial charge in [0.15, 0.2) is 0 Å². The molecule has 13 heavy (non-hydrogen) atoms. The Morgan fingerprint density at radius 3 is 2.54 bits per heavy atom. The monoisotopic (exact) mass is 185 g/mol. The normalized spacial score (nSPS) is 36.5. The van der Waals surface area contributed by atoms with E-state index in [0.717, 1.165) is 26.2 Å². The zero-order chi connectivity index (χ0) is 9.26. The molecule has 3 nitrogen and oxygen atoms in total. The molecule has 2 aliphatic rings. The molecule has 0 aromatic heterocycles. The van der Waals surface area contributed by atoms with Gasteiger partial charge in [0.1, 0.15) is 0 Å². The molecule has 2 rings (SSSR count). The summed E-state index contributed by atoms with van der Waals surface area (Å²) in [6.07, 6.45) is 3.21. The van der Waals surface area contributed by atoms with E-state index in [2.05, 4.69) is 4.90 Å². The van der Waals surface area contributed by atoms with Crippen molar-refractivity contribution in [3.05, 3.63) is 0 Å². The summed E-state index contributed by atoms with van der Waals surface area (Å²) in [5.74, 6) is 0. The van der Waals surface area contributed by atoms with Crippen LogP contribution in [0.2, 0.25) is 0 Å². The Balaban J connectivity index is 1.91. The highest BCUT2D eigenvalue weighted by Gasteiger charge is 2.37. The van der Waals surface area contributed by atoms with E-state index >= 15 is 0 Å². The molecule has 2 heterocycles. The third-order valence-electron chi connectivity index (χ3n) is 3.28. The molecule has 2 fully saturated rings. The minimum absolute atomic E-state index is 0.152. The highest BCUT2D eigenvalue weighted by Crippen LogP contribution is 2.28. The van der Waals surface area contributed by atoms with Crippen LogP contribution in [0.4, 0.5) is 0 Å². The number of nitrogens with zero attached hydrogens (tertiary/aromatic N) is 1. The minimum atomic E-state index is -0.152. The molecule has 0 saturated carbocycles. The lowest BCUT2D eigenvalue weighted by molar-refractivity contribution is -0.0333. The van der Waals surface area contributed by atoms with Gasteiger partial charge in [-0.1, -0.05) is 6.92 Å². The van der Waals surface area contributed by atoms with Gasteiger partial charge in [0.25, 0.3) is 0 Å². The molecule has 0 spiro atoms. The first-order chi connectivity index (χ1) is 6.31. The zero-order valence-electron chi connectivity index (χ0n) is 8.28. The molecule has 0 aromatic rings. The summed E-state index contributed by atoms with van der Waals surface area (Å²) in [7, 11) is 0. The first-order valence-corrected chi connectivity index (χ1v) is 5.32. The van der Waals surface area contributed by atoms with Gasteiger partial charge >= 0.3 is 0 Å². The van der Waals surface area contributed by atoms with Crippen LogP contribution in [0.5, 0.6) is 0 Å². The summed E-state index contributed by atoms with van der Waals surface area (Å²) in [6.45, 7) is 4.61. The molecule has 3 atom stereocenters. The lowest BCUT2D eigenvalue weighted by Gasteiger charge is -2.35. The van der Waals surface area contributed by atoms with E-state index in [1.54, 1.807) is 0 Å². The number of morpholine rings is 1. The molecule has 0 radical (unpaired) electrons. The molecule has 2 bridgehead atoms. The average Bonchev–Trinajstić information content (AvgIpc) is 2.41. The number of hydrogen-bond donors (Lipinski definition) is 1. The number of ether oxygens (including phenoxy) is 1. The Morgan fingerprint density at radius 2 is 2.00 bits per heavy atom. The second kappa shape index (κ2) is 3.95. The molecule has 2 saturated heterocycles. The molecular weight excluding hydrogens is 166 g/mol. The average molecular weight is 185 g/mol. The molecule has 2 aliphatic heterocycles. The third-order valence-corrected chi connectivity index (χ3v) is 3.28. The van der Waals surface area contributed by atoms with Gasteiger partial charge in [-0.15, -0.1) is 0 Å². The topological polar surface area (TPSA) is 32.7 Å². The minimum Gasteiger partial charge on any atom is -0.392 e. The van der Waals surface area contributed by atoms with Crippen LogP contribution in [0.25, 0.3) is 0 Å². The van der Waals surface area contributed by atoms with Crippen molar-refractivity contribution in [2.45, 2.75) is 44.4 Å². The van der Waals surface area contributed by atoms with Gasteiger partial charge in [0, 0.05) is 18.6 Å². The summed E-state index contributed by atoms with van der Waals surface area (Å²) >= 11 is 0. The third kappa shape index (κ3) is 1.87. The van der Waals surface area contributed by atoms with Gasteiger partial charge in [-0.25, -0.2) is 0 Å². The molecule has 0 aliphatic carbocycles. The highest BCUT2D eigenvalue weighted by atomic mass is 16.5. The number of fused-ring (bicyclic) bond motifs is 2. The van der Waals surface area contributed by atoms with Crippen molar-refractivity contribution in [2.75, 3.05) is 19.8 Å². The molecule has 0 amide bonds. The number of aliphatic hydroxyl groups excluding tert-OH is 1. The van der Waals surface area contributed by atoms with Gasteiger partial charge in [-0.3, -0.25) is 4.90 Å². The van der Waals surface area contributed by atoms with E-state index in [1.807, 2.05) is 6.92 Å². The SMILES string of the molecule is CC[C@H](O)CN1C2CCC1COC2. The Morgan fingerprint density at radius 1 is 1.38 bits per heavy atom. The first kappa shape index (κ1) is 9.44. The van der Waals surface area contributed by atoms with Crippen molar-refractivity contribution in [1.82, 2.24) is 4.90 Å². The van der Waals surface area contributed by atoms with E-state index in [4.69, 9.17) is 4.74 Å². The molecular formula is C10H19NO2. The van der Waals surface area contributed by atoms with Crippen molar-refractivity contribution in [3.8, 4) is 0 Å². The van der Waals surface area contributed by atoms with Crippen LogP contribution in [-0.2, 0) is 4.74 Å². The van der Waals surface area contributed by atoms with Gasteiger partial charge in [0.2, 0.25) is 0 Å². The predicted molar refractivity (Wildman–Crippen MR) is 50.6 cm³/mol. The summed E-state index contributed by atoms with van der Waals surface area (Å²) in [4.78, 5) is 2.44. The fourth-order valence-corrected chi connectivity index (χ4v) is 2.38. The number of rotatable bonds is 3. The van der Waals surface area contributed by atoms with E-state index in [1.165, 1.54) is 12.8 Å². The fraction of sp³-hybridized carbons (Fsp3) is 1.00. The number of hydrogen-bond acceptors (Lipinski definition) is 3. The van der Waals surface area contributed by atoms with Crippen molar-refractivity contribution < 1.29 is 9.84 Å². The zero-order valence-corrected chi connectivity index (χ0v) is 8.28. The maximum Gasteiger partial charge on any atom is 0.0664 e. The van der Waals surface area contributed by atoms with Crippen molar-refractivity contribution >= 4 is 0 Å². The lowest BCUT2D eigenvalue weighted by Crippen LogP contribution is -2.48. The van der Waals surface area contributed by atoms with Crippen LogP contribution in [0.1, 0.15) is 26.2 Å². The smallest absolute Gasteiger partial charge is 0.0664 e. The van der Waals surface area contributed by atoms with Gasteiger partial charge < -0.3 is 9.84 Å². The van der Waals surface area contributed by atoms with Crippen LogP contribution in [-0.4, -0.2) is 48.0 Å². The molecule has 3 heteroatoms. The predicted octanol–water partition coefficient (Wildman–Crippen LogP) is 0.620. The van der Waals surface area contributed by atoms with Crippen LogP contribution >= 0.6 is 0 Å². The van der Waals surface area contributed by atoms with Crippen molar-refractivity contribution in [1.29, 1.82) is 0 Å². The number of aliphatic hydroxyl groups is 1. The molecule has 2 unspecified atom stereocenters. The molecule has 76 valence electrons. The first-order valence-electron chi connectivity index (χ1n) is 5.32. The summed E-state index contributed by atoms with van der Waals surface area (Å²) in [6, 6.07) is 1.17. The summed E-state index contributed by atoms with van der Waals surface area (Å²) < 4.78 is 5.48. The molecule has 0 aromatic carbocycles. The van der Waals surface area contributed by atoms with E-state index in [-0.39, 0.29) is 6.10 Å². The summed E-state index contributed by atoms with van der Waals surface area (Å²) in [5.41, 5.74) is 0. The van der Waals surface area contributed by atoms with Gasteiger partial charge in [0.05, 0.1) is 19.3 Å². The Kier molecular flexibility index (Phi) is 2.86. The second-order valence-corrected chi connectivity index (χ2v) is 4.18. The Labute approximate surface area is 79.7 Å². The quantitative estimate of drug-likeness (QED) is 0.699. The fourth-order valence-electron chi connectivity index (χ4n) is 2.38. The van der Waals surface area contributed by atoms with Gasteiger partial charge in [-0.05, 0) is 19.3 Å². The maximum atomic E-state index is 9.59. The Bertz CT molecular complexity index is 158. The van der Waals surface area contributed by atoms with Crippen LogP contribution in [0, 0.1) is 0 Å². The van der Waals surface area contributed by atoms with Crippen LogP contribution < -0.4 is 0 Å². The maximum absolute atomic E-state index is 9.59. The van der Waals surface area contributed by atoms with E-state index < -0.39 is 0 Å². The van der Waals surface area contributed by atoms with E-state index in [0.29, 0.717) is 12.1 Å². The highest BCUT2D eigenvalue weighted by molar-refractivity contribution is 4.91. The van der Waals surface area contributed by atoms with Crippen LogP contribution in [0.3, 0.4) is 0 Å². The lowest BCUT2D eigenvalue weighted by atomic mass is 10.2. The largest absolute Gasteiger partial charge is 0.392 e. The summed E-state index contributed by atoms with van der Waals surface area (Å²) in [5, 5.41) is 9.59. The molecule has 1 N–H and O–H groups in total. The van der Waals surface area contributed by atoms with Crippen molar-refractivity contribution in [3.63, 3.8) is 0 Å². The second-order valence-electron chi connectivity index (χ2n) is 4.18. The van der Waals surface area contributed by atoms with Crippen molar-refractivity contribution in [2.24, 2.45) is 0 Å². The van der Waals surface area contributed by atoms with Crippen LogP contribution in [0.15, 0.2) is 0 Å². The Hall–Kier alpha value is -0.120. The van der Waals surface area contributed by atoms with E-state index in [9.17, 15) is 5.11 Å².